The van der Waals surface area contributed by atoms with Gasteiger partial charge in [-0.3, -0.25) is 0 Å². The van der Waals surface area contributed by atoms with Crippen molar-refractivity contribution in [1.29, 1.82) is 0 Å². The normalized spacial score (nSPS) is 17.7. The molecule has 0 saturated heterocycles. The van der Waals surface area contributed by atoms with E-state index in [-0.39, 0.29) is 5.82 Å². The quantitative estimate of drug-likeness (QED) is 0.912. The van der Waals surface area contributed by atoms with Crippen LogP contribution in [0.5, 0.6) is 0 Å². The van der Waals surface area contributed by atoms with Crippen LogP contribution in [0.25, 0.3) is 5.57 Å². The van der Waals surface area contributed by atoms with Crippen molar-refractivity contribution in [3.8, 4) is 0 Å². The fraction of sp³-hybridized carbons (Fsp3) is 0.294. The van der Waals surface area contributed by atoms with E-state index >= 15 is 0 Å². The van der Waals surface area contributed by atoms with E-state index in [1.807, 2.05) is 6.92 Å². The first-order valence-corrected chi connectivity index (χ1v) is 7.35. The van der Waals surface area contributed by atoms with E-state index in [0.717, 1.165) is 42.0 Å². The Balaban J connectivity index is 1.88. The number of nitrogens with two attached hydrogens (primary N) is 1. The van der Waals surface area contributed by atoms with Crippen LogP contribution in [0.15, 0.2) is 42.7 Å². The van der Waals surface area contributed by atoms with Crippen LogP contribution in [0.4, 0.5) is 4.39 Å². The molecule has 0 bridgehead atoms. The molecule has 2 heterocycles. The van der Waals surface area contributed by atoms with Crippen LogP contribution in [0.3, 0.4) is 0 Å². The summed E-state index contributed by atoms with van der Waals surface area (Å²) in [5, 5.41) is 3.26. The van der Waals surface area contributed by atoms with Crippen molar-refractivity contribution in [3.63, 3.8) is 0 Å². The molecule has 5 heteroatoms. The van der Waals surface area contributed by atoms with Gasteiger partial charge in [-0.05, 0) is 43.2 Å². The smallest absolute Gasteiger partial charge is 0.154 e. The second-order valence-electron chi connectivity index (χ2n) is 5.69. The Bertz CT molecular complexity index is 675. The second kappa shape index (κ2) is 5.94. The van der Waals surface area contributed by atoms with Gasteiger partial charge in [0.25, 0.3) is 0 Å². The van der Waals surface area contributed by atoms with Gasteiger partial charge in [0.15, 0.2) is 5.82 Å². The molecule has 0 amide bonds. The molecule has 1 unspecified atom stereocenters. The van der Waals surface area contributed by atoms with Gasteiger partial charge < -0.3 is 11.1 Å². The highest BCUT2D eigenvalue weighted by Gasteiger charge is 2.25. The molecule has 1 aromatic heterocycles. The first-order valence-electron chi connectivity index (χ1n) is 7.35. The van der Waals surface area contributed by atoms with E-state index in [2.05, 4.69) is 21.4 Å². The van der Waals surface area contributed by atoms with Gasteiger partial charge in [0.2, 0.25) is 0 Å². The average molecular weight is 298 g/mol. The minimum atomic E-state index is -0.755. The molecule has 1 atom stereocenters. The van der Waals surface area contributed by atoms with Crippen LogP contribution in [0.1, 0.15) is 30.3 Å². The SMILES string of the molecule is CC(N)(c1ccc(F)cc1)c1cnc(C2=CCNCC2)nc1. The van der Waals surface area contributed by atoms with E-state index < -0.39 is 5.54 Å². The molecule has 1 aliphatic heterocycles. The Kier molecular flexibility index (Phi) is 4.00. The van der Waals surface area contributed by atoms with E-state index in [4.69, 9.17) is 5.73 Å². The molecular formula is C17H19FN4. The summed E-state index contributed by atoms with van der Waals surface area (Å²) in [4.78, 5) is 8.90. The fourth-order valence-corrected chi connectivity index (χ4v) is 2.55. The molecule has 2 aromatic rings. The monoisotopic (exact) mass is 298 g/mol. The predicted molar refractivity (Wildman–Crippen MR) is 84.5 cm³/mol. The Morgan fingerprint density at radius 2 is 1.82 bits per heavy atom. The van der Waals surface area contributed by atoms with Crippen LogP contribution in [-0.4, -0.2) is 23.1 Å². The lowest BCUT2D eigenvalue weighted by Gasteiger charge is -2.25. The zero-order chi connectivity index (χ0) is 15.6. The zero-order valence-corrected chi connectivity index (χ0v) is 12.5. The summed E-state index contributed by atoms with van der Waals surface area (Å²) in [6, 6.07) is 6.21. The lowest BCUT2D eigenvalue weighted by atomic mass is 9.87. The van der Waals surface area contributed by atoms with Crippen molar-refractivity contribution >= 4 is 5.57 Å². The van der Waals surface area contributed by atoms with Gasteiger partial charge in [-0.25, -0.2) is 14.4 Å². The lowest BCUT2D eigenvalue weighted by molar-refractivity contribution is 0.587. The van der Waals surface area contributed by atoms with Crippen LogP contribution in [0, 0.1) is 5.82 Å². The van der Waals surface area contributed by atoms with Crippen LogP contribution < -0.4 is 11.1 Å². The van der Waals surface area contributed by atoms with E-state index in [1.54, 1.807) is 24.5 Å². The molecule has 0 radical (unpaired) electrons. The molecule has 0 spiro atoms. The molecule has 0 aliphatic carbocycles. The summed E-state index contributed by atoms with van der Waals surface area (Å²) in [5.41, 5.74) is 8.44. The van der Waals surface area contributed by atoms with Crippen LogP contribution in [0.2, 0.25) is 0 Å². The van der Waals surface area contributed by atoms with Crippen molar-refractivity contribution in [1.82, 2.24) is 15.3 Å². The summed E-state index contributed by atoms with van der Waals surface area (Å²) in [5.74, 6) is 0.476. The van der Waals surface area contributed by atoms with Crippen molar-refractivity contribution in [2.24, 2.45) is 5.73 Å². The second-order valence-corrected chi connectivity index (χ2v) is 5.69. The Morgan fingerprint density at radius 1 is 1.14 bits per heavy atom. The standard InChI is InChI=1S/C17H19FN4/c1-17(19,13-2-4-15(18)5-3-13)14-10-21-16(22-11-14)12-6-8-20-9-7-12/h2-6,10-11,20H,7-9,19H2,1H3. The van der Waals surface area contributed by atoms with Crippen molar-refractivity contribution in [2.45, 2.75) is 18.9 Å². The van der Waals surface area contributed by atoms with Crippen molar-refractivity contribution < 1.29 is 4.39 Å². The molecular weight excluding hydrogens is 279 g/mol. The molecule has 0 saturated carbocycles. The molecule has 22 heavy (non-hydrogen) atoms. The summed E-state index contributed by atoms with van der Waals surface area (Å²) >= 11 is 0. The zero-order valence-electron chi connectivity index (χ0n) is 12.5. The maximum atomic E-state index is 13.1. The van der Waals surface area contributed by atoms with Crippen molar-refractivity contribution in [2.75, 3.05) is 13.1 Å². The number of rotatable bonds is 3. The fourth-order valence-electron chi connectivity index (χ4n) is 2.55. The molecule has 0 fully saturated rings. The molecule has 1 aliphatic rings. The summed E-state index contributed by atoms with van der Waals surface area (Å²) in [6.45, 7) is 3.67. The number of hydrogen-bond acceptors (Lipinski definition) is 4. The predicted octanol–water partition coefficient (Wildman–Crippen LogP) is 2.21. The summed E-state index contributed by atoms with van der Waals surface area (Å²) in [6.07, 6.45) is 6.56. The van der Waals surface area contributed by atoms with E-state index in [9.17, 15) is 4.39 Å². The Labute approximate surface area is 129 Å². The number of nitrogens with one attached hydrogen (secondary N) is 1. The number of nitrogens with zero attached hydrogens (tertiary/aromatic N) is 2. The Hall–Kier alpha value is -2.11. The maximum Gasteiger partial charge on any atom is 0.154 e. The highest BCUT2D eigenvalue weighted by Crippen LogP contribution is 2.26. The van der Waals surface area contributed by atoms with Gasteiger partial charge in [0.05, 0.1) is 5.54 Å². The highest BCUT2D eigenvalue weighted by atomic mass is 19.1. The van der Waals surface area contributed by atoms with E-state index in [1.165, 1.54) is 12.1 Å². The van der Waals surface area contributed by atoms with Crippen LogP contribution in [-0.2, 0) is 5.54 Å². The van der Waals surface area contributed by atoms with Crippen LogP contribution >= 0.6 is 0 Å². The van der Waals surface area contributed by atoms with Gasteiger partial charge in [-0.15, -0.1) is 0 Å². The Morgan fingerprint density at radius 3 is 2.41 bits per heavy atom. The molecule has 4 nitrogen and oxygen atoms in total. The van der Waals surface area contributed by atoms with Gasteiger partial charge >= 0.3 is 0 Å². The molecule has 1 aromatic carbocycles. The highest BCUT2D eigenvalue weighted by molar-refractivity contribution is 5.60. The first-order chi connectivity index (χ1) is 10.6. The minimum absolute atomic E-state index is 0.274. The minimum Gasteiger partial charge on any atom is -0.318 e. The average Bonchev–Trinajstić information content (AvgIpc) is 2.56. The number of hydrogen-bond donors (Lipinski definition) is 2. The largest absolute Gasteiger partial charge is 0.318 e. The molecule has 3 N–H and O–H groups in total. The number of halogens is 1. The first kappa shape index (κ1) is 14.8. The van der Waals surface area contributed by atoms with Crippen molar-refractivity contribution in [3.05, 3.63) is 65.5 Å². The third-order valence-electron chi connectivity index (χ3n) is 4.05. The summed E-state index contributed by atoms with van der Waals surface area (Å²) in [7, 11) is 0. The third kappa shape index (κ3) is 2.91. The van der Waals surface area contributed by atoms with Gasteiger partial charge in [-0.1, -0.05) is 18.2 Å². The maximum absolute atomic E-state index is 13.1. The number of benzene rings is 1. The van der Waals surface area contributed by atoms with Gasteiger partial charge in [0.1, 0.15) is 5.82 Å². The summed E-state index contributed by atoms with van der Waals surface area (Å²) < 4.78 is 13.1. The van der Waals surface area contributed by atoms with E-state index in [0.29, 0.717) is 0 Å². The third-order valence-corrected chi connectivity index (χ3v) is 4.05. The molecule has 114 valence electrons. The lowest BCUT2D eigenvalue weighted by Crippen LogP contribution is -2.34. The van der Waals surface area contributed by atoms with Gasteiger partial charge in [-0.2, -0.15) is 0 Å². The molecule has 3 rings (SSSR count). The number of aromatic nitrogens is 2. The topological polar surface area (TPSA) is 63.8 Å². The van der Waals surface area contributed by atoms with Gasteiger partial charge in [0, 0.05) is 24.5 Å².